The standard InChI is InChI=1S/C18H23NO4/c1-18(2,3)12-8-9-13-14(11-12)17(23)19(16(13)22)10-6-4-5-7-15(20)21/h8-9,11H,4-7,10H2,1-3H3,(H,20,21). The molecule has 1 aliphatic rings. The van der Waals surface area contributed by atoms with Crippen molar-refractivity contribution in [1.29, 1.82) is 0 Å². The Labute approximate surface area is 136 Å². The molecule has 1 N–H and O–H groups in total. The third kappa shape index (κ3) is 3.78. The summed E-state index contributed by atoms with van der Waals surface area (Å²) in [5.41, 5.74) is 1.89. The van der Waals surface area contributed by atoms with Crippen LogP contribution in [0.5, 0.6) is 0 Å². The lowest BCUT2D eigenvalue weighted by atomic mass is 9.85. The molecule has 5 nitrogen and oxygen atoms in total. The molecule has 0 saturated carbocycles. The number of unbranched alkanes of at least 4 members (excludes halogenated alkanes) is 2. The quantitative estimate of drug-likeness (QED) is 0.645. The summed E-state index contributed by atoms with van der Waals surface area (Å²) >= 11 is 0. The topological polar surface area (TPSA) is 74.7 Å². The number of benzene rings is 1. The first-order valence-corrected chi connectivity index (χ1v) is 7.94. The number of carboxylic acids is 1. The highest BCUT2D eigenvalue weighted by Crippen LogP contribution is 2.29. The van der Waals surface area contributed by atoms with Gasteiger partial charge in [-0.05, 0) is 36.0 Å². The van der Waals surface area contributed by atoms with Crippen LogP contribution in [0.2, 0.25) is 0 Å². The van der Waals surface area contributed by atoms with Gasteiger partial charge >= 0.3 is 5.97 Å². The van der Waals surface area contributed by atoms with E-state index in [2.05, 4.69) is 20.8 Å². The van der Waals surface area contributed by atoms with E-state index in [0.717, 1.165) is 5.56 Å². The van der Waals surface area contributed by atoms with Gasteiger partial charge in [-0.2, -0.15) is 0 Å². The van der Waals surface area contributed by atoms with Gasteiger partial charge < -0.3 is 5.11 Å². The lowest BCUT2D eigenvalue weighted by Crippen LogP contribution is -2.30. The number of rotatable bonds is 6. The SMILES string of the molecule is CC(C)(C)c1ccc2c(c1)C(=O)N(CCCCCC(=O)O)C2=O. The summed E-state index contributed by atoms with van der Waals surface area (Å²) in [6, 6.07) is 5.46. The van der Waals surface area contributed by atoms with Crippen molar-refractivity contribution in [2.24, 2.45) is 0 Å². The Morgan fingerprint density at radius 3 is 2.30 bits per heavy atom. The summed E-state index contributed by atoms with van der Waals surface area (Å²) < 4.78 is 0. The summed E-state index contributed by atoms with van der Waals surface area (Å²) in [4.78, 5) is 36.6. The Kier molecular flexibility index (Phi) is 4.88. The zero-order valence-corrected chi connectivity index (χ0v) is 13.9. The number of hydrogen-bond acceptors (Lipinski definition) is 3. The van der Waals surface area contributed by atoms with Crippen LogP contribution in [-0.2, 0) is 10.2 Å². The average molecular weight is 317 g/mol. The van der Waals surface area contributed by atoms with E-state index in [1.165, 1.54) is 4.90 Å². The van der Waals surface area contributed by atoms with Crippen LogP contribution < -0.4 is 0 Å². The molecule has 2 amide bonds. The normalized spacial score (nSPS) is 14.3. The Balaban J connectivity index is 2.04. The molecule has 0 aliphatic carbocycles. The van der Waals surface area contributed by atoms with Crippen LogP contribution >= 0.6 is 0 Å². The van der Waals surface area contributed by atoms with Gasteiger partial charge in [-0.15, -0.1) is 0 Å². The van der Waals surface area contributed by atoms with Crippen LogP contribution in [0.4, 0.5) is 0 Å². The van der Waals surface area contributed by atoms with E-state index in [9.17, 15) is 14.4 Å². The molecule has 2 rings (SSSR count). The van der Waals surface area contributed by atoms with Crippen LogP contribution in [0, 0.1) is 0 Å². The maximum Gasteiger partial charge on any atom is 0.303 e. The smallest absolute Gasteiger partial charge is 0.303 e. The van der Waals surface area contributed by atoms with Gasteiger partial charge in [-0.3, -0.25) is 19.3 Å². The van der Waals surface area contributed by atoms with Crippen LogP contribution in [0.15, 0.2) is 18.2 Å². The molecule has 124 valence electrons. The van der Waals surface area contributed by atoms with Gasteiger partial charge in [-0.25, -0.2) is 0 Å². The van der Waals surface area contributed by atoms with Crippen molar-refractivity contribution < 1.29 is 19.5 Å². The molecular formula is C18H23NO4. The Morgan fingerprint density at radius 1 is 1.04 bits per heavy atom. The second-order valence-corrected chi connectivity index (χ2v) is 6.98. The number of amides is 2. The van der Waals surface area contributed by atoms with E-state index in [0.29, 0.717) is 36.9 Å². The fourth-order valence-electron chi connectivity index (χ4n) is 2.68. The van der Waals surface area contributed by atoms with Crippen LogP contribution in [0.3, 0.4) is 0 Å². The van der Waals surface area contributed by atoms with Gasteiger partial charge in [-0.1, -0.05) is 33.3 Å². The summed E-state index contributed by atoms with van der Waals surface area (Å²) in [7, 11) is 0. The zero-order chi connectivity index (χ0) is 17.2. The minimum absolute atomic E-state index is 0.0807. The Hall–Kier alpha value is -2.17. The van der Waals surface area contributed by atoms with E-state index in [-0.39, 0.29) is 23.7 Å². The maximum atomic E-state index is 12.5. The highest BCUT2D eigenvalue weighted by Gasteiger charge is 2.35. The van der Waals surface area contributed by atoms with Crippen molar-refractivity contribution >= 4 is 17.8 Å². The number of carboxylic acid groups (broad SMARTS) is 1. The molecule has 1 aliphatic heterocycles. The Morgan fingerprint density at radius 2 is 1.70 bits per heavy atom. The first-order valence-electron chi connectivity index (χ1n) is 7.94. The molecule has 0 aromatic heterocycles. The van der Waals surface area contributed by atoms with E-state index in [1.54, 1.807) is 6.07 Å². The number of fused-ring (bicyclic) bond motifs is 1. The molecule has 23 heavy (non-hydrogen) atoms. The first-order chi connectivity index (χ1) is 10.7. The summed E-state index contributed by atoms with van der Waals surface area (Å²) in [5.74, 6) is -1.31. The van der Waals surface area contributed by atoms with Crippen molar-refractivity contribution in [1.82, 2.24) is 4.90 Å². The second kappa shape index (κ2) is 6.52. The predicted octanol–water partition coefficient (Wildman–Crippen LogP) is 3.23. The van der Waals surface area contributed by atoms with Crippen LogP contribution in [-0.4, -0.2) is 34.3 Å². The minimum atomic E-state index is -0.819. The number of imide groups is 1. The number of nitrogens with zero attached hydrogens (tertiary/aromatic N) is 1. The number of carbonyl (C=O) groups excluding carboxylic acids is 2. The molecule has 1 aromatic rings. The molecule has 1 heterocycles. The third-order valence-electron chi connectivity index (χ3n) is 4.11. The number of aliphatic carboxylic acids is 1. The van der Waals surface area contributed by atoms with Gasteiger partial charge in [0.1, 0.15) is 0 Å². The number of carbonyl (C=O) groups is 3. The molecule has 0 unspecified atom stereocenters. The molecule has 1 aromatic carbocycles. The van der Waals surface area contributed by atoms with Crippen molar-refractivity contribution in [3.8, 4) is 0 Å². The van der Waals surface area contributed by atoms with E-state index in [1.807, 2.05) is 12.1 Å². The predicted molar refractivity (Wildman–Crippen MR) is 86.6 cm³/mol. The molecule has 0 bridgehead atoms. The molecule has 0 radical (unpaired) electrons. The number of hydrogen-bond donors (Lipinski definition) is 1. The van der Waals surface area contributed by atoms with Gasteiger partial charge in [0.25, 0.3) is 11.8 Å². The highest BCUT2D eigenvalue weighted by molar-refractivity contribution is 6.21. The Bertz CT molecular complexity index is 643. The molecular weight excluding hydrogens is 294 g/mol. The molecule has 0 fully saturated rings. The monoisotopic (exact) mass is 317 g/mol. The summed E-state index contributed by atoms with van der Waals surface area (Å²) in [6.07, 6.45) is 2.00. The molecule has 0 atom stereocenters. The summed E-state index contributed by atoms with van der Waals surface area (Å²) in [6.45, 7) is 6.54. The van der Waals surface area contributed by atoms with Gasteiger partial charge in [0.05, 0.1) is 11.1 Å². The third-order valence-corrected chi connectivity index (χ3v) is 4.11. The molecule has 0 saturated heterocycles. The second-order valence-electron chi connectivity index (χ2n) is 6.98. The lowest BCUT2D eigenvalue weighted by molar-refractivity contribution is -0.137. The lowest BCUT2D eigenvalue weighted by Gasteiger charge is -2.19. The van der Waals surface area contributed by atoms with Crippen molar-refractivity contribution in [2.45, 2.75) is 51.9 Å². The van der Waals surface area contributed by atoms with E-state index < -0.39 is 5.97 Å². The van der Waals surface area contributed by atoms with Crippen molar-refractivity contribution in [3.63, 3.8) is 0 Å². The zero-order valence-electron chi connectivity index (χ0n) is 13.9. The molecule has 0 spiro atoms. The summed E-state index contributed by atoms with van der Waals surface area (Å²) in [5, 5.41) is 8.60. The largest absolute Gasteiger partial charge is 0.481 e. The van der Waals surface area contributed by atoms with E-state index >= 15 is 0 Å². The van der Waals surface area contributed by atoms with Crippen LogP contribution in [0.1, 0.15) is 72.7 Å². The maximum absolute atomic E-state index is 12.5. The minimum Gasteiger partial charge on any atom is -0.481 e. The van der Waals surface area contributed by atoms with E-state index in [4.69, 9.17) is 5.11 Å². The van der Waals surface area contributed by atoms with Gasteiger partial charge in [0, 0.05) is 13.0 Å². The fraction of sp³-hybridized carbons (Fsp3) is 0.500. The van der Waals surface area contributed by atoms with Crippen LogP contribution in [0.25, 0.3) is 0 Å². The first kappa shape index (κ1) is 17.2. The van der Waals surface area contributed by atoms with Gasteiger partial charge in [0.2, 0.25) is 0 Å². The van der Waals surface area contributed by atoms with Gasteiger partial charge in [0.15, 0.2) is 0 Å². The van der Waals surface area contributed by atoms with Crippen molar-refractivity contribution in [3.05, 3.63) is 34.9 Å². The van der Waals surface area contributed by atoms with Crippen molar-refractivity contribution in [2.75, 3.05) is 6.54 Å². The fourth-order valence-corrected chi connectivity index (χ4v) is 2.68. The average Bonchev–Trinajstić information content (AvgIpc) is 2.70. The highest BCUT2D eigenvalue weighted by atomic mass is 16.4. The molecule has 5 heteroatoms.